The van der Waals surface area contributed by atoms with Gasteiger partial charge in [-0.05, 0) is 61.1 Å². The van der Waals surface area contributed by atoms with Crippen LogP contribution in [-0.2, 0) is 16.0 Å². The molecule has 1 aliphatic heterocycles. The molecule has 2 atom stereocenters. The summed E-state index contributed by atoms with van der Waals surface area (Å²) in [6.45, 7) is 0.605. The van der Waals surface area contributed by atoms with Gasteiger partial charge in [-0.2, -0.15) is 0 Å². The summed E-state index contributed by atoms with van der Waals surface area (Å²) in [6, 6.07) is 12.1. The number of rotatable bonds is 8. The number of methoxy groups -OCH3 is 2. The van der Waals surface area contributed by atoms with Gasteiger partial charge in [-0.25, -0.2) is 0 Å². The van der Waals surface area contributed by atoms with E-state index in [2.05, 4.69) is 5.32 Å². The van der Waals surface area contributed by atoms with E-state index in [0.29, 0.717) is 24.1 Å². The summed E-state index contributed by atoms with van der Waals surface area (Å²) < 4.78 is 10.1. The third-order valence-corrected chi connectivity index (χ3v) is 6.95. The van der Waals surface area contributed by atoms with Crippen molar-refractivity contribution in [1.29, 1.82) is 0 Å². The van der Waals surface area contributed by atoms with Crippen LogP contribution in [0, 0.1) is 11.8 Å². The highest BCUT2D eigenvalue weighted by Crippen LogP contribution is 2.31. The van der Waals surface area contributed by atoms with Crippen LogP contribution in [0.3, 0.4) is 0 Å². The molecule has 2 aromatic rings. The number of benzene rings is 2. The van der Waals surface area contributed by atoms with Crippen molar-refractivity contribution >= 4 is 23.7 Å². The van der Waals surface area contributed by atoms with E-state index in [1.54, 1.807) is 13.2 Å². The Morgan fingerprint density at radius 3 is 2.40 bits per heavy atom. The lowest BCUT2D eigenvalue weighted by molar-refractivity contribution is -0.148. The highest BCUT2D eigenvalue weighted by atomic mass is 16.5. The summed E-state index contributed by atoms with van der Waals surface area (Å²) in [5.74, 6) is -0.776. The van der Waals surface area contributed by atoms with Crippen LogP contribution >= 0.6 is 0 Å². The average Bonchev–Trinajstić information content (AvgIpc) is 3.14. The van der Waals surface area contributed by atoms with E-state index in [1.165, 1.54) is 24.1 Å². The molecule has 1 aliphatic carbocycles. The Hall–Kier alpha value is -3.68. The van der Waals surface area contributed by atoms with E-state index in [4.69, 9.17) is 9.47 Å². The standard InChI is InChI=1S/C27H30N2O6/c1-34-20-10-7-17(8-11-20)13-14-29-25(31)22-12-9-18(15-23(22)26(29)32)24(30)28-16-19-5-3-4-6-21(19)27(33)35-2/h7-12,15,19,21H,3-6,13-14,16H2,1-2H3,(H,28,30). The molecule has 1 heterocycles. The lowest BCUT2D eigenvalue weighted by atomic mass is 9.79. The maximum atomic E-state index is 13.0. The van der Waals surface area contributed by atoms with Crippen molar-refractivity contribution < 1.29 is 28.7 Å². The number of nitrogens with zero attached hydrogens (tertiary/aromatic N) is 1. The van der Waals surface area contributed by atoms with Gasteiger partial charge in [0.2, 0.25) is 0 Å². The molecule has 4 rings (SSSR count). The fourth-order valence-electron chi connectivity index (χ4n) is 4.91. The van der Waals surface area contributed by atoms with Gasteiger partial charge in [-0.1, -0.05) is 25.0 Å². The second-order valence-corrected chi connectivity index (χ2v) is 9.00. The van der Waals surface area contributed by atoms with E-state index in [1.807, 2.05) is 24.3 Å². The van der Waals surface area contributed by atoms with E-state index < -0.39 is 5.91 Å². The van der Waals surface area contributed by atoms with Gasteiger partial charge >= 0.3 is 5.97 Å². The number of carbonyl (C=O) groups excluding carboxylic acids is 4. The van der Waals surface area contributed by atoms with Gasteiger partial charge in [0, 0.05) is 18.7 Å². The van der Waals surface area contributed by atoms with E-state index >= 15 is 0 Å². The molecule has 8 heteroatoms. The van der Waals surface area contributed by atoms with Crippen LogP contribution in [0.25, 0.3) is 0 Å². The molecule has 2 aromatic carbocycles. The van der Waals surface area contributed by atoms with Gasteiger partial charge in [-0.15, -0.1) is 0 Å². The van der Waals surface area contributed by atoms with Crippen molar-refractivity contribution in [3.05, 3.63) is 64.7 Å². The van der Waals surface area contributed by atoms with Crippen LogP contribution in [0.4, 0.5) is 0 Å². The molecule has 0 saturated heterocycles. The van der Waals surface area contributed by atoms with E-state index in [0.717, 1.165) is 37.0 Å². The van der Waals surface area contributed by atoms with Crippen molar-refractivity contribution in [3.63, 3.8) is 0 Å². The number of imide groups is 1. The molecule has 0 aromatic heterocycles. The fraction of sp³-hybridized carbons (Fsp3) is 0.407. The molecule has 3 amide bonds. The minimum absolute atomic E-state index is 0.0197. The van der Waals surface area contributed by atoms with Crippen LogP contribution in [0.15, 0.2) is 42.5 Å². The predicted octanol–water partition coefficient (Wildman–Crippen LogP) is 3.24. The normalized spacial score (nSPS) is 19.3. The third kappa shape index (κ3) is 5.21. The Morgan fingerprint density at radius 1 is 0.971 bits per heavy atom. The molecule has 0 spiro atoms. The van der Waals surface area contributed by atoms with Crippen molar-refractivity contribution in [2.75, 3.05) is 27.3 Å². The molecule has 184 valence electrons. The molecule has 1 fully saturated rings. The predicted molar refractivity (Wildman–Crippen MR) is 128 cm³/mol. The van der Waals surface area contributed by atoms with Crippen LogP contribution < -0.4 is 10.1 Å². The Balaban J connectivity index is 1.39. The minimum atomic E-state index is -0.397. The van der Waals surface area contributed by atoms with Crippen molar-refractivity contribution in [1.82, 2.24) is 10.2 Å². The monoisotopic (exact) mass is 478 g/mol. The number of amides is 3. The van der Waals surface area contributed by atoms with Crippen LogP contribution in [0.2, 0.25) is 0 Å². The summed E-state index contributed by atoms with van der Waals surface area (Å²) >= 11 is 0. The second kappa shape index (κ2) is 10.7. The van der Waals surface area contributed by atoms with Gasteiger partial charge in [0.1, 0.15) is 5.75 Å². The number of hydrogen-bond acceptors (Lipinski definition) is 6. The fourth-order valence-corrected chi connectivity index (χ4v) is 4.91. The molecular formula is C27H30N2O6. The number of ether oxygens (including phenoxy) is 2. The molecule has 0 radical (unpaired) electrons. The van der Waals surface area contributed by atoms with Crippen LogP contribution in [0.1, 0.15) is 62.3 Å². The number of esters is 1. The highest BCUT2D eigenvalue weighted by Gasteiger charge is 2.36. The lowest BCUT2D eigenvalue weighted by Crippen LogP contribution is -2.37. The highest BCUT2D eigenvalue weighted by molar-refractivity contribution is 6.22. The first-order valence-electron chi connectivity index (χ1n) is 11.9. The van der Waals surface area contributed by atoms with Crippen LogP contribution in [-0.4, -0.2) is 55.9 Å². The SMILES string of the molecule is COC(=O)C1CCCCC1CNC(=O)c1ccc2c(c1)C(=O)N(CCc1ccc(OC)cc1)C2=O. The Bertz CT molecular complexity index is 1130. The third-order valence-electron chi connectivity index (χ3n) is 6.95. The van der Waals surface area contributed by atoms with Crippen molar-refractivity contribution in [2.24, 2.45) is 11.8 Å². The number of hydrogen-bond donors (Lipinski definition) is 1. The topological polar surface area (TPSA) is 102 Å². The largest absolute Gasteiger partial charge is 0.497 e. The van der Waals surface area contributed by atoms with Gasteiger partial charge in [0.05, 0.1) is 31.3 Å². The summed E-state index contributed by atoms with van der Waals surface area (Å²) in [7, 11) is 2.98. The first-order valence-corrected chi connectivity index (χ1v) is 11.9. The maximum absolute atomic E-state index is 13.0. The molecule has 35 heavy (non-hydrogen) atoms. The summed E-state index contributed by atoms with van der Waals surface area (Å²) in [5.41, 5.74) is 1.84. The Morgan fingerprint density at radius 2 is 1.69 bits per heavy atom. The molecule has 1 N–H and O–H groups in total. The molecule has 0 bridgehead atoms. The number of nitrogens with one attached hydrogen (secondary N) is 1. The smallest absolute Gasteiger partial charge is 0.309 e. The molecular weight excluding hydrogens is 448 g/mol. The van der Waals surface area contributed by atoms with E-state index in [9.17, 15) is 19.2 Å². The molecule has 2 aliphatic rings. The summed E-state index contributed by atoms with van der Waals surface area (Å²) in [4.78, 5) is 51.9. The van der Waals surface area contributed by atoms with E-state index in [-0.39, 0.29) is 41.7 Å². The molecule has 1 saturated carbocycles. The minimum Gasteiger partial charge on any atom is -0.497 e. The second-order valence-electron chi connectivity index (χ2n) is 9.00. The maximum Gasteiger partial charge on any atom is 0.309 e. The quantitative estimate of drug-likeness (QED) is 0.462. The first kappa shape index (κ1) is 24.4. The molecule has 2 unspecified atom stereocenters. The van der Waals surface area contributed by atoms with Crippen molar-refractivity contribution in [3.8, 4) is 5.75 Å². The zero-order valence-electron chi connectivity index (χ0n) is 20.0. The zero-order chi connectivity index (χ0) is 24.9. The number of carbonyl (C=O) groups is 4. The van der Waals surface area contributed by atoms with Gasteiger partial charge in [-0.3, -0.25) is 24.1 Å². The van der Waals surface area contributed by atoms with Crippen molar-refractivity contribution in [2.45, 2.75) is 32.1 Å². The number of fused-ring (bicyclic) bond motifs is 1. The Kier molecular flexibility index (Phi) is 7.48. The first-order chi connectivity index (χ1) is 16.9. The summed E-state index contributed by atoms with van der Waals surface area (Å²) in [6.07, 6.45) is 4.11. The average molecular weight is 479 g/mol. The van der Waals surface area contributed by atoms with Gasteiger partial charge in [0.25, 0.3) is 17.7 Å². The zero-order valence-corrected chi connectivity index (χ0v) is 20.0. The lowest BCUT2D eigenvalue weighted by Gasteiger charge is -2.29. The van der Waals surface area contributed by atoms with Crippen LogP contribution in [0.5, 0.6) is 5.75 Å². The van der Waals surface area contributed by atoms with Gasteiger partial charge in [0.15, 0.2) is 0 Å². The Labute approximate surface area is 204 Å². The molecule has 8 nitrogen and oxygen atoms in total. The summed E-state index contributed by atoms with van der Waals surface area (Å²) in [5, 5.41) is 2.90. The van der Waals surface area contributed by atoms with Gasteiger partial charge < -0.3 is 14.8 Å².